The second-order valence-electron chi connectivity index (χ2n) is 5.53. The molecule has 1 heterocycles. The predicted octanol–water partition coefficient (Wildman–Crippen LogP) is 2.10. The van der Waals surface area contributed by atoms with Gasteiger partial charge in [-0.05, 0) is 29.9 Å². The molecule has 0 spiro atoms. The lowest BCUT2D eigenvalue weighted by Gasteiger charge is -2.17. The summed E-state index contributed by atoms with van der Waals surface area (Å²) < 4.78 is 26.7. The van der Waals surface area contributed by atoms with Crippen LogP contribution in [-0.2, 0) is 22.3 Å². The Labute approximate surface area is 122 Å². The molecule has 1 atom stereocenters. The zero-order valence-corrected chi connectivity index (χ0v) is 12.9. The third-order valence-corrected chi connectivity index (χ3v) is 5.81. The Kier molecular flexibility index (Phi) is 5.18. The number of hydrogen-bond donors (Lipinski definition) is 1. The molecule has 1 aliphatic heterocycles. The van der Waals surface area contributed by atoms with E-state index in [9.17, 15) is 8.42 Å². The molecule has 1 aromatic rings. The Morgan fingerprint density at radius 2 is 2.00 bits per heavy atom. The highest BCUT2D eigenvalue weighted by molar-refractivity contribution is 7.88. The molecule has 1 aliphatic rings. The lowest BCUT2D eigenvalue weighted by Crippen LogP contribution is -2.30. The number of rotatable bonds is 6. The molecule has 4 nitrogen and oxygen atoms in total. The number of hydrogen-bond acceptors (Lipinski definition) is 3. The normalized spacial score (nSPS) is 20.4. The molecule has 0 saturated carbocycles. The molecule has 112 valence electrons. The number of benzene rings is 1. The molecule has 1 unspecified atom stereocenters. The van der Waals surface area contributed by atoms with Gasteiger partial charge in [-0.15, -0.1) is 0 Å². The largest absolute Gasteiger partial charge is 0.326 e. The molecule has 2 rings (SSSR count). The zero-order valence-electron chi connectivity index (χ0n) is 12.1. The van der Waals surface area contributed by atoms with E-state index in [1.165, 1.54) is 0 Å². The standard InChI is InChI=1S/C15H24N2O2S/c1-2-5-13-8-9-17(11-13)20(18,19)12-15-7-4-3-6-14(15)10-16/h3-4,6-7,13H,2,5,8-12,16H2,1H3. The molecular formula is C15H24N2O2S. The monoisotopic (exact) mass is 296 g/mol. The molecular weight excluding hydrogens is 272 g/mol. The molecule has 0 aliphatic carbocycles. The van der Waals surface area contributed by atoms with Crippen molar-refractivity contribution in [3.63, 3.8) is 0 Å². The van der Waals surface area contributed by atoms with Crippen molar-refractivity contribution in [2.24, 2.45) is 11.7 Å². The van der Waals surface area contributed by atoms with Crippen LogP contribution < -0.4 is 5.73 Å². The third kappa shape index (κ3) is 3.59. The Morgan fingerprint density at radius 1 is 1.30 bits per heavy atom. The minimum absolute atomic E-state index is 0.0687. The van der Waals surface area contributed by atoms with Crippen LogP contribution in [0.2, 0.25) is 0 Å². The van der Waals surface area contributed by atoms with E-state index in [1.54, 1.807) is 4.31 Å². The van der Waals surface area contributed by atoms with Crippen LogP contribution in [0, 0.1) is 5.92 Å². The summed E-state index contributed by atoms with van der Waals surface area (Å²) in [4.78, 5) is 0. The first-order chi connectivity index (χ1) is 9.56. The van der Waals surface area contributed by atoms with E-state index in [0.29, 0.717) is 25.6 Å². The van der Waals surface area contributed by atoms with E-state index in [0.717, 1.165) is 30.4 Å². The van der Waals surface area contributed by atoms with Gasteiger partial charge < -0.3 is 5.73 Å². The van der Waals surface area contributed by atoms with Gasteiger partial charge in [0.25, 0.3) is 0 Å². The topological polar surface area (TPSA) is 63.4 Å². The van der Waals surface area contributed by atoms with Crippen LogP contribution in [0.1, 0.15) is 37.3 Å². The number of nitrogens with zero attached hydrogens (tertiary/aromatic N) is 1. The summed E-state index contributed by atoms with van der Waals surface area (Å²) in [5, 5.41) is 0. The first-order valence-corrected chi connectivity index (χ1v) is 8.92. The first kappa shape index (κ1) is 15.5. The summed E-state index contributed by atoms with van der Waals surface area (Å²) in [5.41, 5.74) is 7.42. The smallest absolute Gasteiger partial charge is 0.218 e. The van der Waals surface area contributed by atoms with Crippen molar-refractivity contribution in [2.75, 3.05) is 13.1 Å². The molecule has 1 saturated heterocycles. The Bertz CT molecular complexity index is 543. The van der Waals surface area contributed by atoms with Crippen LogP contribution >= 0.6 is 0 Å². The minimum Gasteiger partial charge on any atom is -0.326 e. The van der Waals surface area contributed by atoms with E-state index in [2.05, 4.69) is 6.92 Å². The van der Waals surface area contributed by atoms with Gasteiger partial charge in [0.05, 0.1) is 5.75 Å². The zero-order chi connectivity index (χ0) is 14.6. The summed E-state index contributed by atoms with van der Waals surface area (Å²) in [5.74, 6) is 0.596. The molecule has 1 fully saturated rings. The van der Waals surface area contributed by atoms with Crippen molar-refractivity contribution in [2.45, 2.75) is 38.5 Å². The maximum absolute atomic E-state index is 12.5. The lowest BCUT2D eigenvalue weighted by atomic mass is 10.0. The SMILES string of the molecule is CCCC1CCN(S(=O)(=O)Cc2ccccc2CN)C1. The Balaban J connectivity index is 2.08. The van der Waals surface area contributed by atoms with Gasteiger partial charge in [0.2, 0.25) is 10.0 Å². The van der Waals surface area contributed by atoms with Gasteiger partial charge in [-0.2, -0.15) is 0 Å². The van der Waals surface area contributed by atoms with Gasteiger partial charge >= 0.3 is 0 Å². The van der Waals surface area contributed by atoms with Crippen molar-refractivity contribution in [1.29, 1.82) is 0 Å². The van der Waals surface area contributed by atoms with Gasteiger partial charge in [-0.25, -0.2) is 12.7 Å². The maximum Gasteiger partial charge on any atom is 0.218 e. The Morgan fingerprint density at radius 3 is 2.65 bits per heavy atom. The van der Waals surface area contributed by atoms with Gasteiger partial charge in [-0.1, -0.05) is 37.6 Å². The van der Waals surface area contributed by atoms with Gasteiger partial charge in [0, 0.05) is 19.6 Å². The molecule has 20 heavy (non-hydrogen) atoms. The highest BCUT2D eigenvalue weighted by atomic mass is 32.2. The van der Waals surface area contributed by atoms with Crippen LogP contribution in [0.4, 0.5) is 0 Å². The molecule has 0 radical (unpaired) electrons. The van der Waals surface area contributed by atoms with E-state index in [-0.39, 0.29) is 5.75 Å². The highest BCUT2D eigenvalue weighted by Gasteiger charge is 2.31. The van der Waals surface area contributed by atoms with Crippen LogP contribution in [0.3, 0.4) is 0 Å². The average Bonchev–Trinajstić information content (AvgIpc) is 2.89. The summed E-state index contributed by atoms with van der Waals surface area (Å²) in [6, 6.07) is 7.52. The van der Waals surface area contributed by atoms with Crippen LogP contribution in [0.25, 0.3) is 0 Å². The van der Waals surface area contributed by atoms with E-state index < -0.39 is 10.0 Å². The quantitative estimate of drug-likeness (QED) is 0.874. The van der Waals surface area contributed by atoms with E-state index in [4.69, 9.17) is 5.73 Å². The lowest BCUT2D eigenvalue weighted by molar-refractivity contribution is 0.444. The van der Waals surface area contributed by atoms with Crippen molar-refractivity contribution in [3.8, 4) is 0 Å². The minimum atomic E-state index is -3.22. The molecule has 0 aromatic heterocycles. The van der Waals surface area contributed by atoms with Gasteiger partial charge in [0.15, 0.2) is 0 Å². The molecule has 1 aromatic carbocycles. The fourth-order valence-corrected chi connectivity index (χ4v) is 4.56. The molecule has 5 heteroatoms. The summed E-state index contributed by atoms with van der Waals surface area (Å²) in [6.07, 6.45) is 3.23. The maximum atomic E-state index is 12.5. The van der Waals surface area contributed by atoms with Crippen LogP contribution in [0.5, 0.6) is 0 Å². The van der Waals surface area contributed by atoms with E-state index >= 15 is 0 Å². The third-order valence-electron chi connectivity index (χ3n) is 4.02. The molecule has 0 amide bonds. The van der Waals surface area contributed by atoms with Crippen molar-refractivity contribution in [1.82, 2.24) is 4.31 Å². The van der Waals surface area contributed by atoms with Crippen LogP contribution in [-0.4, -0.2) is 25.8 Å². The fraction of sp³-hybridized carbons (Fsp3) is 0.600. The molecule has 2 N–H and O–H groups in total. The first-order valence-electron chi connectivity index (χ1n) is 7.31. The van der Waals surface area contributed by atoms with Crippen molar-refractivity contribution < 1.29 is 8.42 Å². The second kappa shape index (κ2) is 6.70. The summed E-state index contributed by atoms with van der Waals surface area (Å²) in [6.45, 7) is 3.87. The highest BCUT2D eigenvalue weighted by Crippen LogP contribution is 2.25. The summed E-state index contributed by atoms with van der Waals surface area (Å²) in [7, 11) is -3.22. The van der Waals surface area contributed by atoms with Gasteiger partial charge in [-0.3, -0.25) is 0 Å². The number of nitrogens with two attached hydrogens (primary N) is 1. The number of sulfonamides is 1. The van der Waals surface area contributed by atoms with E-state index in [1.807, 2.05) is 24.3 Å². The van der Waals surface area contributed by atoms with Crippen molar-refractivity contribution in [3.05, 3.63) is 35.4 Å². The average molecular weight is 296 g/mol. The molecule has 0 bridgehead atoms. The predicted molar refractivity (Wildman–Crippen MR) is 81.5 cm³/mol. The Hall–Kier alpha value is -0.910. The van der Waals surface area contributed by atoms with Crippen molar-refractivity contribution >= 4 is 10.0 Å². The van der Waals surface area contributed by atoms with Crippen LogP contribution in [0.15, 0.2) is 24.3 Å². The van der Waals surface area contributed by atoms with Gasteiger partial charge in [0.1, 0.15) is 0 Å². The second-order valence-corrected chi connectivity index (χ2v) is 7.50. The fourth-order valence-electron chi connectivity index (χ4n) is 2.88. The summed E-state index contributed by atoms with van der Waals surface area (Å²) >= 11 is 0.